The van der Waals surface area contributed by atoms with E-state index in [2.05, 4.69) is 0 Å². The third-order valence-electron chi connectivity index (χ3n) is 3.63. The summed E-state index contributed by atoms with van der Waals surface area (Å²) in [5, 5.41) is 8.14. The first-order chi connectivity index (χ1) is 11.6. The molecule has 0 aliphatic heterocycles. The number of hydrogen-bond acceptors (Lipinski definition) is 2. The Morgan fingerprint density at radius 3 is 1.85 bits per heavy atom. The number of carboxylic acid groups (broad SMARTS) is 1. The molecule has 0 heterocycles. The predicted octanol–water partition coefficient (Wildman–Crippen LogP) is 4.75. The lowest BCUT2D eigenvalue weighted by Crippen LogP contribution is -2.51. The Morgan fingerprint density at radius 2 is 1.54 bits per heavy atom. The van der Waals surface area contributed by atoms with Crippen LogP contribution in [0.4, 0.5) is 30.7 Å². The quantitative estimate of drug-likeness (QED) is 0.716. The second-order valence-corrected chi connectivity index (χ2v) is 7.57. The van der Waals surface area contributed by atoms with Gasteiger partial charge in [0.2, 0.25) is 0 Å². The third-order valence-corrected chi connectivity index (χ3v) is 5.35. The van der Waals surface area contributed by atoms with Crippen molar-refractivity contribution in [3.05, 3.63) is 28.8 Å². The van der Waals surface area contributed by atoms with Crippen molar-refractivity contribution in [3.63, 3.8) is 0 Å². The van der Waals surface area contributed by atoms with Gasteiger partial charge in [0.25, 0.3) is 0 Å². The highest BCUT2D eigenvalue weighted by Gasteiger charge is 2.74. The number of rotatable bonds is 5. The van der Waals surface area contributed by atoms with Gasteiger partial charge in [-0.15, -0.1) is 0 Å². The largest absolute Gasteiger partial charge is 0.478 e. The average molecular weight is 408 g/mol. The Kier molecular flexibility index (Phi) is 6.17. The molecule has 26 heavy (non-hydrogen) atoms. The van der Waals surface area contributed by atoms with E-state index in [0.29, 0.717) is 6.07 Å². The van der Waals surface area contributed by atoms with Crippen LogP contribution in [-0.2, 0) is 22.9 Å². The van der Waals surface area contributed by atoms with Crippen molar-refractivity contribution in [2.45, 2.75) is 55.4 Å². The summed E-state index contributed by atoms with van der Waals surface area (Å²) in [6.45, 7) is 3.75. The van der Waals surface area contributed by atoms with Gasteiger partial charge < -0.3 is 5.11 Å². The molecule has 0 saturated heterocycles. The maximum atomic E-state index is 14.5. The van der Waals surface area contributed by atoms with E-state index in [1.165, 1.54) is 20.8 Å². The van der Waals surface area contributed by atoms with Gasteiger partial charge >= 0.3 is 24.0 Å². The van der Waals surface area contributed by atoms with Gasteiger partial charge in [-0.3, -0.25) is 4.21 Å². The Hall–Kier alpha value is -1.65. The van der Waals surface area contributed by atoms with E-state index in [-0.39, 0.29) is 12.5 Å². The van der Waals surface area contributed by atoms with E-state index in [0.717, 1.165) is 0 Å². The molecule has 1 N–H and O–H groups in total. The highest BCUT2D eigenvalue weighted by Crippen LogP contribution is 2.55. The molecule has 0 fully saturated rings. The van der Waals surface area contributed by atoms with Crippen LogP contribution in [0.1, 0.15) is 42.3 Å². The van der Waals surface area contributed by atoms with Crippen LogP contribution in [0.25, 0.3) is 0 Å². The normalized spacial score (nSPS) is 14.6. The molecule has 0 saturated carbocycles. The molecule has 1 atom stereocenters. The summed E-state index contributed by atoms with van der Waals surface area (Å²) in [5.74, 6) is -1.64. The molecule has 0 radical (unpaired) electrons. The third kappa shape index (κ3) is 3.58. The van der Waals surface area contributed by atoms with Crippen LogP contribution < -0.4 is 0 Å². The first-order valence-electron chi connectivity index (χ1n) is 7.23. The molecule has 1 aromatic carbocycles. The fourth-order valence-corrected chi connectivity index (χ4v) is 3.78. The zero-order valence-electron chi connectivity index (χ0n) is 13.8. The van der Waals surface area contributed by atoms with Crippen molar-refractivity contribution in [2.24, 2.45) is 0 Å². The number of aromatic carboxylic acids is 1. The fourth-order valence-electron chi connectivity index (χ4n) is 2.38. The molecule has 0 unspecified atom stereocenters. The summed E-state index contributed by atoms with van der Waals surface area (Å²) in [5.41, 5.74) is -8.85. The summed E-state index contributed by atoms with van der Waals surface area (Å²) in [6.07, 6.45) is -13.1. The van der Waals surface area contributed by atoms with Gasteiger partial charge in [-0.05, 0) is 18.1 Å². The molecule has 0 spiro atoms. The molecule has 0 bridgehead atoms. The summed E-state index contributed by atoms with van der Waals surface area (Å²) in [7, 11) is -2.50. The average Bonchev–Trinajstić information content (AvgIpc) is 2.49. The second kappa shape index (κ2) is 7.16. The predicted molar refractivity (Wildman–Crippen MR) is 79.2 cm³/mol. The van der Waals surface area contributed by atoms with E-state index in [4.69, 9.17) is 5.11 Å². The van der Waals surface area contributed by atoms with Gasteiger partial charge in [0.15, 0.2) is 0 Å². The van der Waals surface area contributed by atoms with Gasteiger partial charge in [-0.1, -0.05) is 26.8 Å². The highest BCUT2D eigenvalue weighted by molar-refractivity contribution is 7.85. The molecule has 1 rings (SSSR count). The summed E-state index contributed by atoms with van der Waals surface area (Å²) in [4.78, 5) is 10.2. The number of halogens is 7. The zero-order chi connectivity index (χ0) is 20.7. The molecule has 0 aromatic heterocycles. The highest BCUT2D eigenvalue weighted by atomic mass is 32.2. The summed E-state index contributed by atoms with van der Waals surface area (Å²) in [6, 6.07) is 0.558. The molecule has 1 aromatic rings. The van der Waals surface area contributed by atoms with E-state index in [1.807, 2.05) is 0 Å². The minimum Gasteiger partial charge on any atom is -0.478 e. The SMILES string of the molecule is CCc1c(C(=O)O)ccc(C(F)(C(F)(F)F)C(F)(F)F)c1[S@@](=O)C(C)C. The standard InChI is InChI=1S/C15H15F7O3S/c1-4-8-9(12(23)24)5-6-10(11(8)26(25)7(2)3)13(16,14(17,18)19)15(20,21)22/h5-7H,4H2,1-3H3,(H,23,24)/t26-/m0/s1. The van der Waals surface area contributed by atoms with Crippen LogP contribution in [-0.4, -0.2) is 32.9 Å². The summed E-state index contributed by atoms with van der Waals surface area (Å²) >= 11 is 0. The Bertz CT molecular complexity index is 709. The molecule has 11 heteroatoms. The minimum absolute atomic E-state index is 0.0964. The first-order valence-corrected chi connectivity index (χ1v) is 8.45. The topological polar surface area (TPSA) is 54.4 Å². The maximum Gasteiger partial charge on any atom is 0.435 e. The smallest absolute Gasteiger partial charge is 0.435 e. The number of carbonyl (C=O) groups is 1. The van der Waals surface area contributed by atoms with Crippen molar-refractivity contribution in [1.29, 1.82) is 0 Å². The molecule has 148 valence electrons. The van der Waals surface area contributed by atoms with Gasteiger partial charge in [0.1, 0.15) is 0 Å². The molecule has 0 aliphatic rings. The van der Waals surface area contributed by atoms with Crippen LogP contribution in [0.3, 0.4) is 0 Å². The lowest BCUT2D eigenvalue weighted by atomic mass is 9.90. The van der Waals surface area contributed by atoms with Gasteiger partial charge in [0, 0.05) is 10.8 Å². The van der Waals surface area contributed by atoms with Crippen LogP contribution in [0.2, 0.25) is 0 Å². The molecule has 0 aliphatic carbocycles. The number of alkyl halides is 7. The molecular weight excluding hydrogens is 393 g/mol. The Balaban J connectivity index is 4.09. The molecular formula is C15H15F7O3S. The van der Waals surface area contributed by atoms with Crippen molar-refractivity contribution < 1.29 is 44.8 Å². The van der Waals surface area contributed by atoms with Crippen LogP contribution >= 0.6 is 0 Å². The number of benzene rings is 1. The Morgan fingerprint density at radius 1 is 1.08 bits per heavy atom. The van der Waals surface area contributed by atoms with Crippen LogP contribution in [0.15, 0.2) is 17.0 Å². The van der Waals surface area contributed by atoms with Crippen molar-refractivity contribution in [3.8, 4) is 0 Å². The zero-order valence-corrected chi connectivity index (χ0v) is 14.6. The van der Waals surface area contributed by atoms with E-state index in [1.54, 1.807) is 0 Å². The number of carboxylic acids is 1. The Labute approximate surface area is 146 Å². The molecule has 0 amide bonds. The lowest BCUT2D eigenvalue weighted by molar-refractivity contribution is -0.349. The van der Waals surface area contributed by atoms with Crippen LogP contribution in [0, 0.1) is 0 Å². The van der Waals surface area contributed by atoms with Crippen molar-refractivity contribution >= 4 is 16.8 Å². The van der Waals surface area contributed by atoms with Gasteiger partial charge in [-0.2, -0.15) is 26.3 Å². The van der Waals surface area contributed by atoms with Crippen molar-refractivity contribution in [1.82, 2.24) is 0 Å². The van der Waals surface area contributed by atoms with Gasteiger partial charge in [-0.25, -0.2) is 9.18 Å². The molecule has 3 nitrogen and oxygen atoms in total. The minimum atomic E-state index is -6.39. The maximum absolute atomic E-state index is 14.5. The van der Waals surface area contributed by atoms with Gasteiger partial charge in [0.05, 0.1) is 21.3 Å². The van der Waals surface area contributed by atoms with E-state index >= 15 is 0 Å². The first kappa shape index (κ1) is 22.4. The fraction of sp³-hybridized carbons (Fsp3) is 0.533. The van der Waals surface area contributed by atoms with E-state index in [9.17, 15) is 39.7 Å². The number of hydrogen-bond donors (Lipinski definition) is 1. The summed E-state index contributed by atoms with van der Waals surface area (Å²) < 4.78 is 106. The second-order valence-electron chi connectivity index (χ2n) is 5.63. The lowest BCUT2D eigenvalue weighted by Gasteiger charge is -2.32. The van der Waals surface area contributed by atoms with Crippen molar-refractivity contribution in [2.75, 3.05) is 0 Å². The van der Waals surface area contributed by atoms with Crippen LogP contribution in [0.5, 0.6) is 0 Å². The van der Waals surface area contributed by atoms with E-state index < -0.39 is 61.6 Å². The monoisotopic (exact) mass is 408 g/mol.